The molecule has 0 radical (unpaired) electrons. The molecule has 0 aliphatic heterocycles. The van der Waals surface area contributed by atoms with Crippen LogP contribution in [0.1, 0.15) is 11.1 Å². The van der Waals surface area contributed by atoms with Gasteiger partial charge in [-0.2, -0.15) is 13.2 Å². The van der Waals surface area contributed by atoms with Gasteiger partial charge in [-0.1, -0.05) is 6.07 Å². The summed E-state index contributed by atoms with van der Waals surface area (Å²) in [6, 6.07) is 5.09. The molecule has 0 unspecified atom stereocenters. The van der Waals surface area contributed by atoms with Crippen molar-refractivity contribution in [3.8, 4) is 11.8 Å². The maximum atomic E-state index is 12.8. The van der Waals surface area contributed by atoms with E-state index in [4.69, 9.17) is 4.74 Å². The van der Waals surface area contributed by atoms with Gasteiger partial charge < -0.3 is 4.74 Å². The van der Waals surface area contributed by atoms with Crippen molar-refractivity contribution in [2.24, 2.45) is 0 Å². The minimum atomic E-state index is -4.47. The number of halogens is 3. The van der Waals surface area contributed by atoms with Crippen molar-refractivity contribution in [3.05, 3.63) is 47.8 Å². The van der Waals surface area contributed by atoms with Crippen LogP contribution in [0, 0.1) is 6.92 Å². The van der Waals surface area contributed by atoms with Crippen LogP contribution in [-0.2, 0) is 6.18 Å². The fourth-order valence-electron chi connectivity index (χ4n) is 1.38. The van der Waals surface area contributed by atoms with Crippen LogP contribution in [0.3, 0.4) is 0 Å². The molecule has 3 nitrogen and oxygen atoms in total. The van der Waals surface area contributed by atoms with Gasteiger partial charge in [-0.15, -0.1) is 0 Å². The van der Waals surface area contributed by atoms with Crippen molar-refractivity contribution in [2.45, 2.75) is 13.1 Å². The highest BCUT2D eigenvalue weighted by Gasteiger charge is 2.34. The minimum absolute atomic E-state index is 0.117. The Kier molecular flexibility index (Phi) is 3.18. The Morgan fingerprint density at radius 1 is 1.11 bits per heavy atom. The normalized spacial score (nSPS) is 11.3. The molecule has 0 atom stereocenters. The number of nitrogens with zero attached hydrogens (tertiary/aromatic N) is 2. The van der Waals surface area contributed by atoms with Crippen molar-refractivity contribution in [1.29, 1.82) is 0 Å². The number of rotatable bonds is 2. The topological polar surface area (TPSA) is 35.0 Å². The third-order valence-electron chi connectivity index (χ3n) is 2.19. The highest BCUT2D eigenvalue weighted by Crippen LogP contribution is 2.37. The molecule has 0 N–H and O–H groups in total. The number of alkyl halides is 3. The number of ether oxygens (including phenoxy) is 1. The van der Waals surface area contributed by atoms with E-state index in [9.17, 15) is 13.2 Å². The Morgan fingerprint density at radius 3 is 2.39 bits per heavy atom. The average molecular weight is 254 g/mol. The number of aryl methyl sites for hydroxylation is 1. The number of hydrogen-bond donors (Lipinski definition) is 0. The predicted molar refractivity (Wildman–Crippen MR) is 58.3 cm³/mol. The lowest BCUT2D eigenvalue weighted by Crippen LogP contribution is -2.07. The lowest BCUT2D eigenvalue weighted by molar-refractivity contribution is -0.138. The number of benzene rings is 1. The summed E-state index contributed by atoms with van der Waals surface area (Å²) < 4.78 is 43.4. The molecule has 0 amide bonds. The van der Waals surface area contributed by atoms with Gasteiger partial charge in [-0.3, -0.25) is 0 Å². The molecule has 0 bridgehead atoms. The Labute approximate surface area is 101 Å². The fraction of sp³-hybridized carbons (Fsp3) is 0.167. The lowest BCUT2D eigenvalue weighted by Gasteiger charge is -2.13. The Hall–Kier alpha value is -2.11. The van der Waals surface area contributed by atoms with Crippen LogP contribution in [0.4, 0.5) is 13.2 Å². The molecular weight excluding hydrogens is 245 g/mol. The zero-order valence-electron chi connectivity index (χ0n) is 9.40. The molecule has 0 spiro atoms. The first-order valence-corrected chi connectivity index (χ1v) is 5.09. The van der Waals surface area contributed by atoms with Gasteiger partial charge in [0, 0.05) is 12.4 Å². The standard InChI is InChI=1S/C12H9F3N2O/c1-8-3-4-9(12(13,14)15)10(7-8)18-11-16-5-2-6-17-11/h2-7H,1H3. The quantitative estimate of drug-likeness (QED) is 0.821. The summed E-state index contributed by atoms with van der Waals surface area (Å²) in [6.45, 7) is 1.68. The molecule has 6 heteroatoms. The third-order valence-corrected chi connectivity index (χ3v) is 2.19. The maximum absolute atomic E-state index is 12.8. The van der Waals surface area contributed by atoms with Crippen molar-refractivity contribution in [3.63, 3.8) is 0 Å². The summed E-state index contributed by atoms with van der Waals surface area (Å²) in [5, 5.41) is 0. The minimum Gasteiger partial charge on any atom is -0.424 e. The van der Waals surface area contributed by atoms with Crippen molar-refractivity contribution in [1.82, 2.24) is 9.97 Å². The molecule has 18 heavy (non-hydrogen) atoms. The zero-order valence-corrected chi connectivity index (χ0v) is 9.40. The van der Waals surface area contributed by atoms with Crippen LogP contribution in [0.5, 0.6) is 11.8 Å². The smallest absolute Gasteiger partial charge is 0.419 e. The van der Waals surface area contributed by atoms with E-state index in [1.807, 2.05) is 0 Å². The van der Waals surface area contributed by atoms with Crippen molar-refractivity contribution >= 4 is 0 Å². The van der Waals surface area contributed by atoms with Crippen LogP contribution in [0.15, 0.2) is 36.7 Å². The second-order valence-corrected chi connectivity index (χ2v) is 3.63. The monoisotopic (exact) mass is 254 g/mol. The summed E-state index contributed by atoms with van der Waals surface area (Å²) in [5.74, 6) is -0.297. The van der Waals surface area contributed by atoms with Gasteiger partial charge in [0.25, 0.3) is 0 Å². The summed E-state index contributed by atoms with van der Waals surface area (Å²) >= 11 is 0. The lowest BCUT2D eigenvalue weighted by atomic mass is 10.1. The summed E-state index contributed by atoms with van der Waals surface area (Å²) in [7, 11) is 0. The summed E-state index contributed by atoms with van der Waals surface area (Å²) in [5.41, 5.74) is -0.186. The van der Waals surface area contributed by atoms with Crippen LogP contribution < -0.4 is 4.74 Å². The van der Waals surface area contributed by atoms with Gasteiger partial charge in [0.15, 0.2) is 0 Å². The zero-order chi connectivity index (χ0) is 13.2. The Balaban J connectivity index is 2.40. The second kappa shape index (κ2) is 4.64. The summed E-state index contributed by atoms with van der Waals surface area (Å²) in [6.07, 6.45) is -1.69. The van der Waals surface area contributed by atoms with Crippen LogP contribution in [0.25, 0.3) is 0 Å². The van der Waals surface area contributed by atoms with E-state index in [1.54, 1.807) is 13.0 Å². The first kappa shape index (κ1) is 12.3. The van der Waals surface area contributed by atoms with Crippen LogP contribution in [-0.4, -0.2) is 9.97 Å². The van der Waals surface area contributed by atoms with E-state index < -0.39 is 11.7 Å². The molecule has 1 heterocycles. The van der Waals surface area contributed by atoms with Gasteiger partial charge in [-0.05, 0) is 30.7 Å². The van der Waals surface area contributed by atoms with E-state index in [0.717, 1.165) is 6.07 Å². The maximum Gasteiger partial charge on any atom is 0.419 e. The SMILES string of the molecule is Cc1ccc(C(F)(F)F)c(Oc2ncccn2)c1. The molecule has 94 valence electrons. The molecule has 2 aromatic rings. The van der Waals surface area contributed by atoms with Crippen LogP contribution in [0.2, 0.25) is 0 Å². The number of aromatic nitrogens is 2. The summed E-state index contributed by atoms with van der Waals surface area (Å²) in [4.78, 5) is 7.45. The molecule has 0 aliphatic rings. The van der Waals surface area contributed by atoms with Crippen LogP contribution >= 0.6 is 0 Å². The Bertz CT molecular complexity index is 541. The van der Waals surface area contributed by atoms with E-state index in [2.05, 4.69) is 9.97 Å². The highest BCUT2D eigenvalue weighted by molar-refractivity contribution is 5.40. The van der Waals surface area contributed by atoms with E-state index >= 15 is 0 Å². The predicted octanol–water partition coefficient (Wildman–Crippen LogP) is 3.60. The van der Waals surface area contributed by atoms with Crippen molar-refractivity contribution in [2.75, 3.05) is 0 Å². The molecule has 1 aromatic carbocycles. The number of hydrogen-bond acceptors (Lipinski definition) is 3. The average Bonchev–Trinajstić information content (AvgIpc) is 2.28. The molecule has 0 saturated heterocycles. The van der Waals surface area contributed by atoms with E-state index in [-0.39, 0.29) is 11.8 Å². The molecule has 0 saturated carbocycles. The van der Waals surface area contributed by atoms with Gasteiger partial charge in [-0.25, -0.2) is 9.97 Å². The fourth-order valence-corrected chi connectivity index (χ4v) is 1.38. The first-order chi connectivity index (χ1) is 8.47. The largest absolute Gasteiger partial charge is 0.424 e. The molecule has 1 aromatic heterocycles. The van der Waals surface area contributed by atoms with Gasteiger partial charge >= 0.3 is 12.2 Å². The molecule has 0 aliphatic carbocycles. The van der Waals surface area contributed by atoms with Gasteiger partial charge in [0.1, 0.15) is 5.75 Å². The Morgan fingerprint density at radius 2 is 1.78 bits per heavy atom. The van der Waals surface area contributed by atoms with E-state index in [0.29, 0.717) is 5.56 Å². The van der Waals surface area contributed by atoms with Crippen molar-refractivity contribution < 1.29 is 17.9 Å². The van der Waals surface area contributed by atoms with Gasteiger partial charge in [0.2, 0.25) is 0 Å². The second-order valence-electron chi connectivity index (χ2n) is 3.63. The highest BCUT2D eigenvalue weighted by atomic mass is 19.4. The van der Waals surface area contributed by atoms with E-state index in [1.165, 1.54) is 24.5 Å². The first-order valence-electron chi connectivity index (χ1n) is 5.09. The molecule has 2 rings (SSSR count). The van der Waals surface area contributed by atoms with Gasteiger partial charge in [0.05, 0.1) is 5.56 Å². The molecular formula is C12H9F3N2O. The third kappa shape index (κ3) is 2.77. The molecule has 0 fully saturated rings.